The van der Waals surface area contributed by atoms with Crippen LogP contribution in [0.2, 0.25) is 0 Å². The minimum atomic E-state index is -0.992. The van der Waals surface area contributed by atoms with Gasteiger partial charge in [0.1, 0.15) is 17.6 Å². The Bertz CT molecular complexity index is 966. The van der Waals surface area contributed by atoms with Crippen molar-refractivity contribution in [2.45, 2.75) is 39.8 Å². The van der Waals surface area contributed by atoms with E-state index in [4.69, 9.17) is 4.74 Å². The first kappa shape index (κ1) is 21.9. The standard InChI is InChI=1S/C21H26F2N4O3/c1-21(2,3)17(20(29)24-4)26-19(28)16-15-7-9-30-10-8-27(15)18(25-16)12-5-6-13(22)14(23)11-12/h5-6,11,17H,7-10H2,1-4H3,(H,24,29)(H,26,28). The number of fused-ring (bicyclic) bond motifs is 1. The highest BCUT2D eigenvalue weighted by molar-refractivity contribution is 5.97. The summed E-state index contributed by atoms with van der Waals surface area (Å²) in [5, 5.41) is 5.34. The second-order valence-electron chi connectivity index (χ2n) is 8.26. The fraction of sp³-hybridized carbons (Fsp3) is 0.476. The molecule has 0 saturated carbocycles. The van der Waals surface area contributed by atoms with Gasteiger partial charge in [0, 0.05) is 25.6 Å². The molecule has 7 nitrogen and oxygen atoms in total. The summed E-state index contributed by atoms with van der Waals surface area (Å²) in [6, 6.07) is 2.73. The molecule has 9 heteroatoms. The lowest BCUT2D eigenvalue weighted by Crippen LogP contribution is -2.53. The average molecular weight is 420 g/mol. The summed E-state index contributed by atoms with van der Waals surface area (Å²) < 4.78 is 34.5. The third kappa shape index (κ3) is 4.35. The van der Waals surface area contributed by atoms with E-state index in [0.29, 0.717) is 43.3 Å². The molecule has 2 aromatic rings. The number of carbonyl (C=O) groups is 2. The number of halogens is 2. The summed E-state index contributed by atoms with van der Waals surface area (Å²) in [4.78, 5) is 29.9. The molecule has 0 saturated heterocycles. The number of nitrogens with zero attached hydrogens (tertiary/aromatic N) is 2. The number of hydrogen-bond acceptors (Lipinski definition) is 4. The van der Waals surface area contributed by atoms with Crippen molar-refractivity contribution < 1.29 is 23.1 Å². The second-order valence-corrected chi connectivity index (χ2v) is 8.26. The molecule has 1 aromatic carbocycles. The number of benzene rings is 1. The number of aromatic nitrogens is 2. The van der Waals surface area contributed by atoms with E-state index in [-0.39, 0.29) is 11.6 Å². The van der Waals surface area contributed by atoms with E-state index in [0.717, 1.165) is 12.1 Å². The molecule has 1 unspecified atom stereocenters. The molecule has 1 aromatic heterocycles. The summed E-state index contributed by atoms with van der Waals surface area (Å²) in [5.41, 5.74) is 0.612. The molecule has 2 N–H and O–H groups in total. The molecule has 162 valence electrons. The Morgan fingerprint density at radius 1 is 1.20 bits per heavy atom. The normalized spacial score (nSPS) is 15.1. The molecular formula is C21H26F2N4O3. The number of carbonyl (C=O) groups excluding carboxylic acids is 2. The Kier molecular flexibility index (Phi) is 6.21. The Labute approximate surface area is 173 Å². The number of ether oxygens (including phenoxy) is 1. The Balaban J connectivity index is 2.04. The van der Waals surface area contributed by atoms with Crippen LogP contribution in [0.4, 0.5) is 8.78 Å². The van der Waals surface area contributed by atoms with Crippen molar-refractivity contribution in [2.75, 3.05) is 20.3 Å². The van der Waals surface area contributed by atoms with E-state index < -0.39 is 29.0 Å². The molecule has 0 spiro atoms. The highest BCUT2D eigenvalue weighted by Gasteiger charge is 2.34. The first-order valence-corrected chi connectivity index (χ1v) is 9.78. The number of rotatable bonds is 4. The van der Waals surface area contributed by atoms with Crippen molar-refractivity contribution in [1.82, 2.24) is 20.2 Å². The third-order valence-corrected chi connectivity index (χ3v) is 5.06. The zero-order valence-corrected chi connectivity index (χ0v) is 17.5. The van der Waals surface area contributed by atoms with Crippen molar-refractivity contribution in [3.63, 3.8) is 0 Å². The zero-order valence-electron chi connectivity index (χ0n) is 17.5. The van der Waals surface area contributed by atoms with Crippen LogP contribution < -0.4 is 10.6 Å². The maximum atomic E-state index is 13.8. The second kappa shape index (κ2) is 8.51. The fourth-order valence-corrected chi connectivity index (χ4v) is 3.46. The van der Waals surface area contributed by atoms with Crippen LogP contribution in [-0.2, 0) is 22.5 Å². The van der Waals surface area contributed by atoms with E-state index in [1.54, 1.807) is 4.57 Å². The van der Waals surface area contributed by atoms with Crippen LogP contribution in [0.25, 0.3) is 11.4 Å². The molecule has 30 heavy (non-hydrogen) atoms. The van der Waals surface area contributed by atoms with Crippen molar-refractivity contribution in [3.05, 3.63) is 41.2 Å². The Morgan fingerprint density at radius 2 is 1.93 bits per heavy atom. The molecule has 0 bridgehead atoms. The summed E-state index contributed by atoms with van der Waals surface area (Å²) in [7, 11) is 1.51. The van der Waals surface area contributed by atoms with Crippen molar-refractivity contribution in [1.29, 1.82) is 0 Å². The van der Waals surface area contributed by atoms with Crippen LogP contribution in [0.15, 0.2) is 18.2 Å². The number of imidazole rings is 1. The van der Waals surface area contributed by atoms with Gasteiger partial charge in [0.25, 0.3) is 5.91 Å². The zero-order chi connectivity index (χ0) is 22.1. The quantitative estimate of drug-likeness (QED) is 0.795. The molecule has 0 radical (unpaired) electrons. The first-order valence-electron chi connectivity index (χ1n) is 9.78. The lowest BCUT2D eigenvalue weighted by Gasteiger charge is -2.29. The van der Waals surface area contributed by atoms with Gasteiger partial charge in [-0.2, -0.15) is 0 Å². The maximum absolute atomic E-state index is 13.8. The summed E-state index contributed by atoms with van der Waals surface area (Å²) >= 11 is 0. The molecule has 2 heterocycles. The van der Waals surface area contributed by atoms with Gasteiger partial charge in [-0.25, -0.2) is 13.8 Å². The van der Waals surface area contributed by atoms with Gasteiger partial charge in [0.05, 0.1) is 18.9 Å². The molecule has 0 fully saturated rings. The van der Waals surface area contributed by atoms with Gasteiger partial charge in [-0.1, -0.05) is 20.8 Å². The van der Waals surface area contributed by atoms with Crippen LogP contribution >= 0.6 is 0 Å². The monoisotopic (exact) mass is 420 g/mol. The predicted octanol–water partition coefficient (Wildman–Crippen LogP) is 2.29. The van der Waals surface area contributed by atoms with Gasteiger partial charge in [-0.05, 0) is 23.6 Å². The van der Waals surface area contributed by atoms with Crippen LogP contribution in [0.3, 0.4) is 0 Å². The third-order valence-electron chi connectivity index (χ3n) is 5.06. The van der Waals surface area contributed by atoms with Gasteiger partial charge in [-0.3, -0.25) is 9.59 Å². The maximum Gasteiger partial charge on any atom is 0.272 e. The lowest BCUT2D eigenvalue weighted by molar-refractivity contribution is -0.124. The summed E-state index contributed by atoms with van der Waals surface area (Å²) in [6.07, 6.45) is 0.430. The molecule has 0 aliphatic carbocycles. The molecule has 1 aliphatic heterocycles. The van der Waals surface area contributed by atoms with Gasteiger partial charge in [0.2, 0.25) is 5.91 Å². The first-order chi connectivity index (χ1) is 14.1. The molecule has 1 aliphatic rings. The molecule has 2 amide bonds. The largest absolute Gasteiger partial charge is 0.379 e. The highest BCUT2D eigenvalue weighted by atomic mass is 19.2. The van der Waals surface area contributed by atoms with Crippen LogP contribution in [0, 0.1) is 17.0 Å². The van der Waals surface area contributed by atoms with Gasteiger partial charge < -0.3 is 19.9 Å². The van der Waals surface area contributed by atoms with Crippen molar-refractivity contribution >= 4 is 11.8 Å². The fourth-order valence-electron chi connectivity index (χ4n) is 3.46. The SMILES string of the molecule is CNC(=O)C(NC(=O)c1nc(-c2ccc(F)c(F)c2)n2c1CCOCC2)C(C)(C)C. The van der Waals surface area contributed by atoms with Crippen molar-refractivity contribution in [3.8, 4) is 11.4 Å². The van der Waals surface area contributed by atoms with Crippen molar-refractivity contribution in [2.24, 2.45) is 5.41 Å². The number of nitrogens with one attached hydrogen (secondary N) is 2. The van der Waals surface area contributed by atoms with Crippen LogP contribution in [0.1, 0.15) is 37.0 Å². The topological polar surface area (TPSA) is 85.3 Å². The van der Waals surface area contributed by atoms with E-state index in [2.05, 4.69) is 15.6 Å². The minimum absolute atomic E-state index is 0.151. The van der Waals surface area contributed by atoms with E-state index >= 15 is 0 Å². The molecular weight excluding hydrogens is 394 g/mol. The van der Waals surface area contributed by atoms with E-state index in [9.17, 15) is 18.4 Å². The smallest absolute Gasteiger partial charge is 0.272 e. The van der Waals surface area contributed by atoms with Gasteiger partial charge in [-0.15, -0.1) is 0 Å². The number of hydrogen-bond donors (Lipinski definition) is 2. The number of amides is 2. The van der Waals surface area contributed by atoms with E-state index in [1.165, 1.54) is 13.1 Å². The predicted molar refractivity (Wildman–Crippen MR) is 107 cm³/mol. The van der Waals surface area contributed by atoms with Gasteiger partial charge in [0.15, 0.2) is 11.6 Å². The Morgan fingerprint density at radius 3 is 2.57 bits per heavy atom. The molecule has 3 rings (SSSR count). The number of likely N-dealkylation sites (N-methyl/N-ethyl adjacent to an activating group) is 1. The summed E-state index contributed by atoms with van der Waals surface area (Å²) in [6.45, 7) is 6.78. The van der Waals surface area contributed by atoms with Gasteiger partial charge >= 0.3 is 0 Å². The van der Waals surface area contributed by atoms with E-state index in [1.807, 2.05) is 20.8 Å². The average Bonchev–Trinajstić information content (AvgIpc) is 2.88. The summed E-state index contributed by atoms with van der Waals surface area (Å²) in [5.74, 6) is -2.41. The van der Waals surface area contributed by atoms with Crippen LogP contribution in [-0.4, -0.2) is 47.7 Å². The Hall–Kier alpha value is -2.81. The minimum Gasteiger partial charge on any atom is -0.379 e. The lowest BCUT2D eigenvalue weighted by atomic mass is 9.86. The molecule has 1 atom stereocenters. The highest BCUT2D eigenvalue weighted by Crippen LogP contribution is 2.27. The van der Waals surface area contributed by atoms with Crippen LogP contribution in [0.5, 0.6) is 0 Å².